The Morgan fingerprint density at radius 1 is 0.306 bits per heavy atom. The van der Waals surface area contributed by atoms with Crippen LogP contribution < -0.4 is 0 Å². The highest BCUT2D eigenvalue weighted by atomic mass is 15.0. The second-order valence-corrected chi connectivity index (χ2v) is 16.2. The van der Waals surface area contributed by atoms with Gasteiger partial charge in [-0.1, -0.05) is 158 Å². The van der Waals surface area contributed by atoms with Gasteiger partial charge in [-0.25, -0.2) is 9.97 Å². The Bertz CT molecular complexity index is 3830. The van der Waals surface area contributed by atoms with Crippen molar-refractivity contribution >= 4 is 75.9 Å². The van der Waals surface area contributed by atoms with Gasteiger partial charge in [0.15, 0.2) is 5.82 Å². The second-order valence-electron chi connectivity index (χ2n) is 16.2. The molecule has 0 unspecified atom stereocenters. The molecule has 0 amide bonds. The lowest BCUT2D eigenvalue weighted by Crippen LogP contribution is -1.98. The van der Waals surface area contributed by atoms with E-state index in [0.29, 0.717) is 5.82 Å². The van der Waals surface area contributed by atoms with Crippen molar-refractivity contribution in [1.29, 1.82) is 0 Å². The quantitative estimate of drug-likeness (QED) is 0.174. The zero-order valence-electron chi connectivity index (χ0n) is 33.6. The summed E-state index contributed by atoms with van der Waals surface area (Å²) in [4.78, 5) is 10.8. The second kappa shape index (κ2) is 13.6. The smallest absolute Gasteiger partial charge is 0.161 e. The SMILES string of the molecule is c1ccc(-n2c3ccccc3c3c2ccc2c4ccccc4n(-c4ccc5cccc(-c6nc(-c7ccc8ccccc8c7)cc(-c7ccc8ccccc8c7)n6)c5c4)c23)cc1. The molecule has 3 aromatic heterocycles. The van der Waals surface area contributed by atoms with Gasteiger partial charge in [0.1, 0.15) is 0 Å². The molecule has 62 heavy (non-hydrogen) atoms. The van der Waals surface area contributed by atoms with Crippen molar-refractivity contribution in [2.75, 3.05) is 0 Å². The third-order valence-corrected chi connectivity index (χ3v) is 12.7. The van der Waals surface area contributed by atoms with Gasteiger partial charge in [-0.3, -0.25) is 0 Å². The van der Waals surface area contributed by atoms with Gasteiger partial charge in [-0.05, 0) is 93.0 Å². The van der Waals surface area contributed by atoms with E-state index in [4.69, 9.17) is 9.97 Å². The molecule has 0 saturated heterocycles. The van der Waals surface area contributed by atoms with E-state index in [2.05, 4.69) is 228 Å². The number of hydrogen-bond donors (Lipinski definition) is 0. The van der Waals surface area contributed by atoms with E-state index in [1.165, 1.54) is 59.6 Å². The number of rotatable bonds is 5. The first-order valence-electron chi connectivity index (χ1n) is 21.2. The summed E-state index contributed by atoms with van der Waals surface area (Å²) in [6.07, 6.45) is 0. The van der Waals surface area contributed by atoms with Gasteiger partial charge in [-0.2, -0.15) is 0 Å². The van der Waals surface area contributed by atoms with Crippen LogP contribution in [-0.2, 0) is 0 Å². The van der Waals surface area contributed by atoms with Crippen LogP contribution in [0.1, 0.15) is 0 Å². The molecule has 3 heterocycles. The molecule has 13 aromatic rings. The van der Waals surface area contributed by atoms with Crippen molar-refractivity contribution in [3.63, 3.8) is 0 Å². The minimum atomic E-state index is 0.692. The van der Waals surface area contributed by atoms with Crippen LogP contribution in [0.5, 0.6) is 0 Å². The van der Waals surface area contributed by atoms with Crippen molar-refractivity contribution in [2.45, 2.75) is 0 Å². The molecular formula is C58H36N4. The van der Waals surface area contributed by atoms with Gasteiger partial charge in [-0.15, -0.1) is 0 Å². The summed E-state index contributed by atoms with van der Waals surface area (Å²) < 4.78 is 4.87. The molecule has 0 atom stereocenters. The van der Waals surface area contributed by atoms with Crippen LogP contribution in [0.2, 0.25) is 0 Å². The lowest BCUT2D eigenvalue weighted by Gasteiger charge is -2.14. The summed E-state index contributed by atoms with van der Waals surface area (Å²) in [5.41, 5.74) is 11.8. The van der Waals surface area contributed by atoms with E-state index in [1.54, 1.807) is 0 Å². The van der Waals surface area contributed by atoms with Crippen molar-refractivity contribution in [3.8, 4) is 45.3 Å². The first-order chi connectivity index (χ1) is 30.7. The average molecular weight is 789 g/mol. The molecule has 0 spiro atoms. The molecule has 0 aliphatic rings. The number of benzene rings is 10. The first kappa shape index (κ1) is 34.5. The van der Waals surface area contributed by atoms with Crippen LogP contribution in [0.25, 0.3) is 121 Å². The van der Waals surface area contributed by atoms with E-state index in [9.17, 15) is 0 Å². The zero-order chi connectivity index (χ0) is 40.7. The number of para-hydroxylation sites is 3. The van der Waals surface area contributed by atoms with E-state index in [-0.39, 0.29) is 0 Å². The Morgan fingerprint density at radius 2 is 0.887 bits per heavy atom. The largest absolute Gasteiger partial charge is 0.309 e. The van der Waals surface area contributed by atoms with E-state index in [1.807, 2.05) is 0 Å². The van der Waals surface area contributed by atoms with Crippen LogP contribution in [0.4, 0.5) is 0 Å². The maximum Gasteiger partial charge on any atom is 0.161 e. The summed E-state index contributed by atoms with van der Waals surface area (Å²) in [5, 5.41) is 11.9. The van der Waals surface area contributed by atoms with Crippen molar-refractivity contribution in [3.05, 3.63) is 218 Å². The molecule has 10 aromatic carbocycles. The highest BCUT2D eigenvalue weighted by Crippen LogP contribution is 2.43. The summed E-state index contributed by atoms with van der Waals surface area (Å²) in [6, 6.07) is 78.6. The standard InChI is InChI=1S/C58H36N4/c1-2-18-44(19-3-1)61-54-24-11-9-21-49(54)56-55(61)32-31-47-46-20-8-10-23-53(46)62(57(47)56)45-30-29-39-17-12-22-48(50(39)35-45)58-59-51(42-27-25-37-13-4-6-15-40(37)33-42)36-52(60-58)43-28-26-38-14-5-7-16-41(38)34-43/h1-36H. The van der Waals surface area contributed by atoms with E-state index < -0.39 is 0 Å². The van der Waals surface area contributed by atoms with Crippen LogP contribution in [0, 0.1) is 0 Å². The third-order valence-electron chi connectivity index (χ3n) is 12.7. The predicted molar refractivity (Wildman–Crippen MR) is 260 cm³/mol. The Balaban J connectivity index is 1.07. The molecule has 0 saturated carbocycles. The van der Waals surface area contributed by atoms with E-state index in [0.717, 1.165) is 55.7 Å². The molecule has 13 rings (SSSR count). The van der Waals surface area contributed by atoms with Gasteiger partial charge in [0.2, 0.25) is 0 Å². The summed E-state index contributed by atoms with van der Waals surface area (Å²) in [7, 11) is 0. The Labute approximate surface area is 357 Å². The van der Waals surface area contributed by atoms with Gasteiger partial charge in [0.25, 0.3) is 0 Å². The molecule has 288 valence electrons. The van der Waals surface area contributed by atoms with Gasteiger partial charge >= 0.3 is 0 Å². The maximum absolute atomic E-state index is 5.40. The van der Waals surface area contributed by atoms with Crippen molar-refractivity contribution in [1.82, 2.24) is 19.1 Å². The first-order valence-corrected chi connectivity index (χ1v) is 21.2. The molecule has 0 aliphatic carbocycles. The van der Waals surface area contributed by atoms with Crippen LogP contribution in [0.3, 0.4) is 0 Å². The lowest BCUT2D eigenvalue weighted by molar-refractivity contribution is 1.17. The monoisotopic (exact) mass is 788 g/mol. The Kier molecular flexibility index (Phi) is 7.57. The molecule has 0 radical (unpaired) electrons. The van der Waals surface area contributed by atoms with Crippen LogP contribution in [0.15, 0.2) is 218 Å². The van der Waals surface area contributed by atoms with Gasteiger partial charge in [0.05, 0.1) is 33.5 Å². The third kappa shape index (κ3) is 5.33. The summed E-state index contributed by atoms with van der Waals surface area (Å²) in [6.45, 7) is 0. The zero-order valence-corrected chi connectivity index (χ0v) is 33.6. The minimum Gasteiger partial charge on any atom is -0.309 e. The fraction of sp³-hybridized carbons (Fsp3) is 0. The molecular weight excluding hydrogens is 753 g/mol. The normalized spacial score (nSPS) is 11.9. The Hall–Kier alpha value is -8.34. The topological polar surface area (TPSA) is 35.6 Å². The molecule has 0 fully saturated rings. The Morgan fingerprint density at radius 3 is 1.60 bits per heavy atom. The highest BCUT2D eigenvalue weighted by Gasteiger charge is 2.22. The summed E-state index contributed by atoms with van der Waals surface area (Å²) in [5.74, 6) is 0.692. The van der Waals surface area contributed by atoms with E-state index >= 15 is 0 Å². The maximum atomic E-state index is 5.40. The fourth-order valence-corrected chi connectivity index (χ4v) is 9.79. The number of hydrogen-bond acceptors (Lipinski definition) is 2. The molecule has 0 N–H and O–H groups in total. The molecule has 4 heteroatoms. The van der Waals surface area contributed by atoms with Crippen LogP contribution in [-0.4, -0.2) is 19.1 Å². The minimum absolute atomic E-state index is 0.692. The average Bonchev–Trinajstić information content (AvgIpc) is 3.86. The van der Waals surface area contributed by atoms with Gasteiger partial charge in [0, 0.05) is 49.6 Å². The molecule has 0 bridgehead atoms. The van der Waals surface area contributed by atoms with Gasteiger partial charge < -0.3 is 9.13 Å². The lowest BCUT2D eigenvalue weighted by atomic mass is 10.00. The number of fused-ring (bicyclic) bond motifs is 10. The van der Waals surface area contributed by atoms with Crippen molar-refractivity contribution in [2.24, 2.45) is 0 Å². The summed E-state index contributed by atoms with van der Waals surface area (Å²) >= 11 is 0. The highest BCUT2D eigenvalue weighted by molar-refractivity contribution is 6.26. The fourth-order valence-electron chi connectivity index (χ4n) is 9.79. The predicted octanol–water partition coefficient (Wildman–Crippen LogP) is 15.1. The van der Waals surface area contributed by atoms with Crippen LogP contribution >= 0.6 is 0 Å². The molecule has 4 nitrogen and oxygen atoms in total. The number of nitrogens with zero attached hydrogens (tertiary/aromatic N) is 4. The van der Waals surface area contributed by atoms with Crippen molar-refractivity contribution < 1.29 is 0 Å². The number of aromatic nitrogens is 4. The molecule has 0 aliphatic heterocycles.